The van der Waals surface area contributed by atoms with Crippen molar-refractivity contribution in [1.29, 1.82) is 0 Å². The third-order valence-corrected chi connectivity index (χ3v) is 2.83. The average molecular weight is 245 g/mol. The van der Waals surface area contributed by atoms with E-state index in [1.54, 1.807) is 0 Å². The molecule has 1 aromatic heterocycles. The number of amides is 1. The van der Waals surface area contributed by atoms with Gasteiger partial charge in [0.25, 0.3) is 0 Å². The van der Waals surface area contributed by atoms with E-state index in [4.69, 9.17) is 0 Å². The highest BCUT2D eigenvalue weighted by atomic mass is 16.1. The Kier molecular flexibility index (Phi) is 3.97. The monoisotopic (exact) mass is 245 g/mol. The first-order chi connectivity index (χ1) is 8.76. The Morgan fingerprint density at radius 3 is 2.78 bits per heavy atom. The number of hydrogen-bond donors (Lipinski definition) is 1. The summed E-state index contributed by atoms with van der Waals surface area (Å²) in [5.74, 6) is 0.696. The molecule has 0 unspecified atom stereocenters. The molecule has 0 saturated heterocycles. The van der Waals surface area contributed by atoms with Crippen molar-refractivity contribution in [2.24, 2.45) is 0 Å². The number of imidazole rings is 1. The molecule has 4 heteroatoms. The predicted octanol–water partition coefficient (Wildman–Crippen LogP) is 3.18. The van der Waals surface area contributed by atoms with E-state index in [9.17, 15) is 4.79 Å². The van der Waals surface area contributed by atoms with Crippen LogP contribution in [0.25, 0.3) is 11.0 Å². The van der Waals surface area contributed by atoms with Crippen LogP contribution in [-0.4, -0.2) is 15.5 Å². The lowest BCUT2D eigenvalue weighted by atomic mass is 10.3. The van der Waals surface area contributed by atoms with Gasteiger partial charge in [-0.2, -0.15) is 0 Å². The van der Waals surface area contributed by atoms with Crippen molar-refractivity contribution in [3.05, 3.63) is 24.3 Å². The lowest BCUT2D eigenvalue weighted by Gasteiger charge is -2.08. The second-order valence-electron chi connectivity index (χ2n) is 4.37. The zero-order valence-corrected chi connectivity index (χ0v) is 10.9. The summed E-state index contributed by atoms with van der Waals surface area (Å²) in [6, 6.07) is 7.96. The van der Waals surface area contributed by atoms with Crippen LogP contribution in [0.15, 0.2) is 24.3 Å². The van der Waals surface area contributed by atoms with Gasteiger partial charge in [-0.25, -0.2) is 4.98 Å². The molecule has 0 radical (unpaired) electrons. The summed E-state index contributed by atoms with van der Waals surface area (Å²) in [5.41, 5.74) is 2.00. The number of carbonyl (C=O) groups is 1. The molecule has 18 heavy (non-hydrogen) atoms. The maximum atomic E-state index is 11.7. The molecule has 0 aliphatic heterocycles. The van der Waals surface area contributed by atoms with E-state index in [1.807, 2.05) is 31.2 Å². The molecule has 0 saturated carbocycles. The van der Waals surface area contributed by atoms with E-state index in [0.717, 1.165) is 30.4 Å². The summed E-state index contributed by atoms with van der Waals surface area (Å²) in [6.45, 7) is 4.98. The summed E-state index contributed by atoms with van der Waals surface area (Å²) >= 11 is 0. The van der Waals surface area contributed by atoms with Crippen molar-refractivity contribution in [3.8, 4) is 0 Å². The van der Waals surface area contributed by atoms with Crippen molar-refractivity contribution >= 4 is 22.9 Å². The lowest BCUT2D eigenvalue weighted by molar-refractivity contribution is -0.116. The van der Waals surface area contributed by atoms with Crippen molar-refractivity contribution in [3.63, 3.8) is 0 Å². The predicted molar refractivity (Wildman–Crippen MR) is 73.6 cm³/mol. The Balaban J connectivity index is 2.36. The van der Waals surface area contributed by atoms with Crippen LogP contribution in [0, 0.1) is 0 Å². The highest BCUT2D eigenvalue weighted by Crippen LogP contribution is 2.20. The van der Waals surface area contributed by atoms with Crippen molar-refractivity contribution in [1.82, 2.24) is 9.55 Å². The molecule has 2 rings (SSSR count). The number of benzene rings is 1. The summed E-state index contributed by atoms with van der Waals surface area (Å²) in [6.07, 6.45) is 2.40. The smallest absolute Gasteiger partial charge is 0.226 e. The number of nitrogens with one attached hydrogen (secondary N) is 1. The van der Waals surface area contributed by atoms with Crippen molar-refractivity contribution < 1.29 is 4.79 Å². The normalized spacial score (nSPS) is 10.8. The van der Waals surface area contributed by atoms with Crippen LogP contribution in [0.3, 0.4) is 0 Å². The highest BCUT2D eigenvalue weighted by molar-refractivity contribution is 5.91. The zero-order valence-electron chi connectivity index (χ0n) is 10.9. The van der Waals surface area contributed by atoms with E-state index in [2.05, 4.69) is 21.8 Å². The molecule has 1 heterocycles. The molecular weight excluding hydrogens is 226 g/mol. The summed E-state index contributed by atoms with van der Waals surface area (Å²) in [5, 5.41) is 2.90. The van der Waals surface area contributed by atoms with Crippen molar-refractivity contribution in [2.45, 2.75) is 39.7 Å². The Hall–Kier alpha value is -1.84. The molecule has 0 aliphatic carbocycles. The zero-order chi connectivity index (χ0) is 13.0. The van der Waals surface area contributed by atoms with E-state index in [-0.39, 0.29) is 5.91 Å². The minimum absolute atomic E-state index is 0.0326. The fraction of sp³-hybridized carbons (Fsp3) is 0.429. The van der Waals surface area contributed by atoms with E-state index in [1.165, 1.54) is 0 Å². The molecular formula is C14H19N3O. The van der Waals surface area contributed by atoms with Gasteiger partial charge >= 0.3 is 0 Å². The number of fused-ring (bicyclic) bond motifs is 1. The molecule has 1 amide bonds. The van der Waals surface area contributed by atoms with E-state index in [0.29, 0.717) is 12.4 Å². The number of rotatable bonds is 5. The molecule has 1 N–H and O–H groups in total. The minimum Gasteiger partial charge on any atom is -0.310 e. The first-order valence-corrected chi connectivity index (χ1v) is 6.51. The van der Waals surface area contributed by atoms with Gasteiger partial charge in [0.1, 0.15) is 0 Å². The molecule has 96 valence electrons. The molecule has 0 fully saturated rings. The quantitative estimate of drug-likeness (QED) is 0.879. The maximum absolute atomic E-state index is 11.7. The second kappa shape index (κ2) is 5.67. The van der Waals surface area contributed by atoms with Gasteiger partial charge in [0, 0.05) is 13.0 Å². The van der Waals surface area contributed by atoms with Crippen LogP contribution in [0.5, 0.6) is 0 Å². The molecule has 0 bridgehead atoms. The van der Waals surface area contributed by atoms with Gasteiger partial charge in [-0.05, 0) is 25.0 Å². The Labute approximate surface area is 107 Å². The largest absolute Gasteiger partial charge is 0.310 e. The number of para-hydroxylation sites is 2. The fourth-order valence-electron chi connectivity index (χ4n) is 2.04. The molecule has 1 aromatic carbocycles. The number of anilines is 1. The number of carbonyl (C=O) groups excluding carboxylic acids is 1. The Bertz CT molecular complexity index is 545. The van der Waals surface area contributed by atoms with Gasteiger partial charge in [-0.15, -0.1) is 0 Å². The number of aryl methyl sites for hydroxylation is 1. The van der Waals surface area contributed by atoms with Gasteiger partial charge in [0.15, 0.2) is 0 Å². The van der Waals surface area contributed by atoms with Crippen LogP contribution in [0.1, 0.15) is 33.1 Å². The number of hydrogen-bond acceptors (Lipinski definition) is 2. The number of nitrogens with zero attached hydrogens (tertiary/aromatic N) is 2. The maximum Gasteiger partial charge on any atom is 0.226 e. The van der Waals surface area contributed by atoms with E-state index >= 15 is 0 Å². The molecule has 2 aromatic rings. The third kappa shape index (κ3) is 2.53. The summed E-state index contributed by atoms with van der Waals surface area (Å²) in [4.78, 5) is 16.2. The first-order valence-electron chi connectivity index (χ1n) is 6.51. The SMILES string of the molecule is CCCC(=O)Nc1nc2ccccc2n1CCC. The second-order valence-corrected chi connectivity index (χ2v) is 4.37. The van der Waals surface area contributed by atoms with Crippen LogP contribution in [-0.2, 0) is 11.3 Å². The third-order valence-electron chi connectivity index (χ3n) is 2.83. The summed E-state index contributed by atoms with van der Waals surface area (Å²) in [7, 11) is 0. The summed E-state index contributed by atoms with van der Waals surface area (Å²) < 4.78 is 2.07. The highest BCUT2D eigenvalue weighted by Gasteiger charge is 2.11. The molecule has 4 nitrogen and oxygen atoms in total. The van der Waals surface area contributed by atoms with Crippen LogP contribution in [0.2, 0.25) is 0 Å². The van der Waals surface area contributed by atoms with Gasteiger partial charge in [-0.3, -0.25) is 10.1 Å². The average Bonchev–Trinajstić information content (AvgIpc) is 2.68. The first kappa shape index (κ1) is 12.6. The van der Waals surface area contributed by atoms with Gasteiger partial charge in [0.05, 0.1) is 11.0 Å². The van der Waals surface area contributed by atoms with Crippen LogP contribution >= 0.6 is 0 Å². The Morgan fingerprint density at radius 1 is 1.28 bits per heavy atom. The topological polar surface area (TPSA) is 46.9 Å². The van der Waals surface area contributed by atoms with Crippen LogP contribution < -0.4 is 5.32 Å². The molecule has 0 spiro atoms. The number of aromatic nitrogens is 2. The van der Waals surface area contributed by atoms with E-state index < -0.39 is 0 Å². The van der Waals surface area contributed by atoms with Gasteiger partial charge < -0.3 is 4.57 Å². The molecule has 0 aliphatic rings. The minimum atomic E-state index is 0.0326. The van der Waals surface area contributed by atoms with Crippen LogP contribution in [0.4, 0.5) is 5.95 Å². The van der Waals surface area contributed by atoms with Gasteiger partial charge in [0.2, 0.25) is 11.9 Å². The van der Waals surface area contributed by atoms with Crippen molar-refractivity contribution in [2.75, 3.05) is 5.32 Å². The van der Waals surface area contributed by atoms with Gasteiger partial charge in [-0.1, -0.05) is 26.0 Å². The fourth-order valence-corrected chi connectivity index (χ4v) is 2.04. The standard InChI is InChI=1S/C14H19N3O/c1-3-7-13(18)16-14-15-11-8-5-6-9-12(11)17(14)10-4-2/h5-6,8-9H,3-4,7,10H2,1-2H3,(H,15,16,18). The molecule has 0 atom stereocenters. The Morgan fingerprint density at radius 2 is 2.06 bits per heavy atom. The lowest BCUT2D eigenvalue weighted by Crippen LogP contribution is -2.15.